The number of rotatable bonds is 5. The molecule has 2 aliphatic heterocycles. The number of piperidine rings is 1. The topological polar surface area (TPSA) is 126 Å². The number of aromatic nitrogens is 4. The van der Waals surface area contributed by atoms with E-state index in [0.717, 1.165) is 16.7 Å². The van der Waals surface area contributed by atoms with E-state index in [2.05, 4.69) is 26.4 Å². The van der Waals surface area contributed by atoms with Gasteiger partial charge in [-0.1, -0.05) is 6.07 Å². The van der Waals surface area contributed by atoms with Crippen LogP contribution in [-0.4, -0.2) is 62.5 Å². The molecule has 1 saturated heterocycles. The third-order valence-corrected chi connectivity index (χ3v) is 6.62. The third kappa shape index (κ3) is 3.89. The van der Waals surface area contributed by atoms with E-state index in [1.807, 2.05) is 13.0 Å². The van der Waals surface area contributed by atoms with Crippen LogP contribution in [0.2, 0.25) is 0 Å². The Hall–Kier alpha value is -3.81. The Labute approximate surface area is 196 Å². The number of nitriles is 1. The molecule has 5 rings (SSSR count). The number of carbonyl (C=O) groups excluding carboxylic acids is 1. The lowest BCUT2D eigenvalue weighted by atomic mass is 9.83. The number of hydrogen-bond acceptors (Lipinski definition) is 9. The maximum Gasteiger partial charge on any atom is 0.338 e. The Morgan fingerprint density at radius 3 is 2.97 bits per heavy atom. The molecular weight excluding hydrogens is 436 g/mol. The number of methoxy groups -OCH3 is 1. The zero-order chi connectivity index (χ0) is 23.8. The SMILES string of the molecule is COc1cc(-n2nnc(CN3CCC(O)[C@H](c4ccc5c(c4C)COC5=O)C3)n2)ccc1C#N. The molecule has 0 bridgehead atoms. The molecule has 1 fully saturated rings. The molecule has 1 unspecified atom stereocenters. The predicted molar refractivity (Wildman–Crippen MR) is 119 cm³/mol. The van der Waals surface area contributed by atoms with Crippen molar-refractivity contribution in [2.45, 2.75) is 38.5 Å². The van der Waals surface area contributed by atoms with Crippen molar-refractivity contribution < 1.29 is 19.4 Å². The summed E-state index contributed by atoms with van der Waals surface area (Å²) >= 11 is 0. The van der Waals surface area contributed by atoms with Crippen LogP contribution in [0.1, 0.15) is 50.8 Å². The number of cyclic esters (lactones) is 1. The van der Waals surface area contributed by atoms with Gasteiger partial charge >= 0.3 is 5.97 Å². The van der Waals surface area contributed by atoms with Gasteiger partial charge in [-0.3, -0.25) is 4.90 Å². The van der Waals surface area contributed by atoms with Gasteiger partial charge in [-0.05, 0) is 47.9 Å². The summed E-state index contributed by atoms with van der Waals surface area (Å²) in [5.74, 6) is 0.628. The second kappa shape index (κ2) is 8.85. The predicted octanol–water partition coefficient (Wildman–Crippen LogP) is 1.87. The van der Waals surface area contributed by atoms with Crippen LogP contribution in [0.4, 0.5) is 0 Å². The molecule has 34 heavy (non-hydrogen) atoms. The van der Waals surface area contributed by atoms with Gasteiger partial charge in [0.05, 0.1) is 36.6 Å². The lowest BCUT2D eigenvalue weighted by Gasteiger charge is -2.36. The Balaban J connectivity index is 1.33. The number of carbonyl (C=O) groups is 1. The zero-order valence-corrected chi connectivity index (χ0v) is 18.9. The van der Waals surface area contributed by atoms with Gasteiger partial charge in [0.2, 0.25) is 0 Å². The number of likely N-dealkylation sites (tertiary alicyclic amines) is 1. The second-order valence-corrected chi connectivity index (χ2v) is 8.57. The molecule has 3 heterocycles. The number of benzene rings is 2. The van der Waals surface area contributed by atoms with E-state index in [9.17, 15) is 9.90 Å². The molecule has 2 aliphatic rings. The van der Waals surface area contributed by atoms with Crippen LogP contribution in [0.15, 0.2) is 30.3 Å². The first kappa shape index (κ1) is 22.0. The lowest BCUT2D eigenvalue weighted by Crippen LogP contribution is -2.41. The molecule has 1 N–H and O–H groups in total. The maximum atomic E-state index is 11.9. The van der Waals surface area contributed by atoms with Gasteiger partial charge in [0.25, 0.3) is 0 Å². The summed E-state index contributed by atoms with van der Waals surface area (Å²) in [6.45, 7) is 4.11. The van der Waals surface area contributed by atoms with Gasteiger partial charge in [-0.15, -0.1) is 15.0 Å². The van der Waals surface area contributed by atoms with Crippen LogP contribution in [0, 0.1) is 18.3 Å². The molecule has 0 radical (unpaired) electrons. The van der Waals surface area contributed by atoms with Crippen molar-refractivity contribution in [3.63, 3.8) is 0 Å². The number of aliphatic hydroxyl groups is 1. The van der Waals surface area contributed by atoms with E-state index < -0.39 is 6.10 Å². The van der Waals surface area contributed by atoms with Crippen molar-refractivity contribution in [2.75, 3.05) is 20.2 Å². The minimum atomic E-state index is -0.472. The van der Waals surface area contributed by atoms with Crippen LogP contribution in [-0.2, 0) is 17.9 Å². The standard InChI is InChI=1S/C24H24N6O4/c1-14-17(5-6-18-20(14)13-34-24(18)32)19-11-29(8-7-21(19)31)12-23-26-28-30(27-23)16-4-3-15(10-25)22(9-16)33-2/h3-6,9,19,21,31H,7-8,11-13H2,1-2H3/t19-,21?/m0/s1. The summed E-state index contributed by atoms with van der Waals surface area (Å²) in [4.78, 5) is 15.5. The molecule has 10 heteroatoms. The number of hydrogen-bond donors (Lipinski definition) is 1. The smallest absolute Gasteiger partial charge is 0.338 e. The van der Waals surface area contributed by atoms with Crippen molar-refractivity contribution in [2.24, 2.45) is 0 Å². The number of aliphatic hydroxyl groups excluding tert-OH is 1. The fourth-order valence-corrected chi connectivity index (χ4v) is 4.74. The first-order valence-corrected chi connectivity index (χ1v) is 11.1. The van der Waals surface area contributed by atoms with E-state index in [1.165, 1.54) is 11.9 Å². The Morgan fingerprint density at radius 2 is 2.18 bits per heavy atom. The fraction of sp³-hybridized carbons (Fsp3) is 0.375. The highest BCUT2D eigenvalue weighted by molar-refractivity contribution is 5.94. The molecule has 0 amide bonds. The largest absolute Gasteiger partial charge is 0.495 e. The summed E-state index contributed by atoms with van der Waals surface area (Å²) in [5, 5.41) is 32.8. The number of nitrogens with zero attached hydrogens (tertiary/aromatic N) is 6. The Morgan fingerprint density at radius 1 is 1.32 bits per heavy atom. The summed E-state index contributed by atoms with van der Waals surface area (Å²) in [6, 6.07) is 10.9. The van der Waals surface area contributed by atoms with E-state index in [4.69, 9.17) is 14.7 Å². The highest BCUT2D eigenvalue weighted by Crippen LogP contribution is 2.34. The van der Waals surface area contributed by atoms with Crippen molar-refractivity contribution in [1.29, 1.82) is 5.26 Å². The quantitative estimate of drug-likeness (QED) is 0.568. The molecule has 10 nitrogen and oxygen atoms in total. The monoisotopic (exact) mass is 460 g/mol. The molecule has 2 aromatic carbocycles. The van der Waals surface area contributed by atoms with Crippen LogP contribution < -0.4 is 4.74 Å². The molecule has 0 aliphatic carbocycles. The zero-order valence-electron chi connectivity index (χ0n) is 18.9. The molecule has 0 saturated carbocycles. The fourth-order valence-electron chi connectivity index (χ4n) is 4.74. The molecule has 2 atom stereocenters. The third-order valence-electron chi connectivity index (χ3n) is 6.62. The highest BCUT2D eigenvalue weighted by atomic mass is 16.5. The summed E-state index contributed by atoms with van der Waals surface area (Å²) < 4.78 is 10.4. The van der Waals surface area contributed by atoms with Crippen molar-refractivity contribution in [3.05, 3.63) is 64.0 Å². The molecular formula is C24H24N6O4. The normalized spacial score (nSPS) is 20.0. The van der Waals surface area contributed by atoms with Crippen molar-refractivity contribution >= 4 is 5.97 Å². The maximum absolute atomic E-state index is 11.9. The highest BCUT2D eigenvalue weighted by Gasteiger charge is 2.33. The lowest BCUT2D eigenvalue weighted by molar-refractivity contribution is 0.0531. The number of esters is 1. The van der Waals surface area contributed by atoms with Gasteiger partial charge in [0.15, 0.2) is 5.82 Å². The average Bonchev–Trinajstić information content (AvgIpc) is 3.47. The summed E-state index contributed by atoms with van der Waals surface area (Å²) in [5.41, 5.74) is 4.65. The minimum Gasteiger partial charge on any atom is -0.495 e. The van der Waals surface area contributed by atoms with Crippen molar-refractivity contribution in [3.8, 4) is 17.5 Å². The van der Waals surface area contributed by atoms with Crippen LogP contribution >= 0.6 is 0 Å². The van der Waals surface area contributed by atoms with Crippen LogP contribution in [0.3, 0.4) is 0 Å². The number of fused-ring (bicyclic) bond motifs is 1. The minimum absolute atomic E-state index is 0.0902. The van der Waals surface area contributed by atoms with Gasteiger partial charge in [0.1, 0.15) is 18.4 Å². The van der Waals surface area contributed by atoms with E-state index >= 15 is 0 Å². The van der Waals surface area contributed by atoms with E-state index in [-0.39, 0.29) is 18.5 Å². The number of tetrazole rings is 1. The Bertz CT molecular complexity index is 1300. The summed E-state index contributed by atoms with van der Waals surface area (Å²) in [6.07, 6.45) is 0.151. The van der Waals surface area contributed by atoms with Gasteiger partial charge in [0, 0.05) is 30.6 Å². The van der Waals surface area contributed by atoms with Crippen LogP contribution in [0.25, 0.3) is 5.69 Å². The van der Waals surface area contributed by atoms with Crippen molar-refractivity contribution in [1.82, 2.24) is 25.1 Å². The summed E-state index contributed by atoms with van der Waals surface area (Å²) in [7, 11) is 1.51. The molecule has 174 valence electrons. The molecule has 3 aromatic rings. The van der Waals surface area contributed by atoms with Crippen LogP contribution in [0.5, 0.6) is 5.75 Å². The van der Waals surface area contributed by atoms with Gasteiger partial charge < -0.3 is 14.6 Å². The first-order chi connectivity index (χ1) is 16.5. The first-order valence-electron chi connectivity index (χ1n) is 11.1. The Kier molecular flexibility index (Phi) is 5.73. The van der Waals surface area contributed by atoms with Gasteiger partial charge in [-0.2, -0.15) is 5.26 Å². The number of ether oxygens (including phenoxy) is 2. The van der Waals surface area contributed by atoms with E-state index in [1.54, 1.807) is 24.3 Å². The molecule has 1 aromatic heterocycles. The average molecular weight is 460 g/mol. The van der Waals surface area contributed by atoms with E-state index in [0.29, 0.717) is 54.4 Å². The van der Waals surface area contributed by atoms with Gasteiger partial charge in [-0.25, -0.2) is 4.79 Å². The second-order valence-electron chi connectivity index (χ2n) is 8.57. The molecule has 0 spiro atoms.